The molecule has 0 spiro atoms. The van der Waals surface area contributed by atoms with Gasteiger partial charge in [-0.25, -0.2) is 0 Å². The third kappa shape index (κ3) is 3.31. The Morgan fingerprint density at radius 1 is 1.03 bits per heavy atom. The second kappa shape index (κ2) is 7.69. The molecule has 0 bridgehead atoms. The van der Waals surface area contributed by atoms with Gasteiger partial charge < -0.3 is 10.1 Å². The lowest BCUT2D eigenvalue weighted by atomic mass is 9.87. The largest absolute Gasteiger partial charge is 0.376 e. The summed E-state index contributed by atoms with van der Waals surface area (Å²) in [5, 5.41) is 3.11. The predicted molar refractivity (Wildman–Crippen MR) is 110 cm³/mol. The smallest absolute Gasteiger partial charge is 0.261 e. The van der Waals surface area contributed by atoms with Gasteiger partial charge in [0.25, 0.3) is 17.7 Å². The number of aryl methyl sites for hydroxylation is 1. The molecule has 5 rings (SSSR count). The van der Waals surface area contributed by atoms with Gasteiger partial charge in [0.2, 0.25) is 0 Å². The van der Waals surface area contributed by atoms with Crippen molar-refractivity contribution in [3.05, 3.63) is 70.3 Å². The molecule has 6 nitrogen and oxygen atoms in total. The Kier molecular flexibility index (Phi) is 4.87. The zero-order chi connectivity index (χ0) is 20.7. The maximum absolute atomic E-state index is 12.9. The van der Waals surface area contributed by atoms with Gasteiger partial charge in [0, 0.05) is 12.2 Å². The van der Waals surface area contributed by atoms with E-state index in [0.717, 1.165) is 37.7 Å². The third-order valence-corrected chi connectivity index (χ3v) is 6.32. The average Bonchev–Trinajstić information content (AvgIpc) is 3.37. The normalized spacial score (nSPS) is 22.7. The highest BCUT2D eigenvalue weighted by Gasteiger charge is 2.38. The van der Waals surface area contributed by atoms with Crippen LogP contribution in [0.5, 0.6) is 0 Å². The summed E-state index contributed by atoms with van der Waals surface area (Å²) in [4.78, 5) is 39.7. The monoisotopic (exact) mass is 404 g/mol. The van der Waals surface area contributed by atoms with Crippen molar-refractivity contribution in [3.8, 4) is 0 Å². The van der Waals surface area contributed by atoms with Crippen LogP contribution in [0.1, 0.15) is 73.9 Å². The summed E-state index contributed by atoms with van der Waals surface area (Å²) in [6.07, 6.45) is 4.64. The number of fused-ring (bicyclic) bond motifs is 2. The van der Waals surface area contributed by atoms with E-state index in [1.165, 1.54) is 10.5 Å². The molecule has 2 aromatic carbocycles. The molecule has 0 radical (unpaired) electrons. The van der Waals surface area contributed by atoms with Crippen LogP contribution in [0.2, 0.25) is 0 Å². The third-order valence-electron chi connectivity index (χ3n) is 6.32. The lowest BCUT2D eigenvalue weighted by Gasteiger charge is -2.26. The van der Waals surface area contributed by atoms with Crippen LogP contribution >= 0.6 is 0 Å². The SMILES string of the molecule is O=C(NC1CCCc2ccccc21)c1ccc2c(c1)C(=O)N(CC1CCCO1)C2=O. The number of hydrogen-bond acceptors (Lipinski definition) is 4. The molecular weight excluding hydrogens is 380 g/mol. The van der Waals surface area contributed by atoms with Crippen LogP contribution in [0.4, 0.5) is 0 Å². The molecule has 2 heterocycles. The van der Waals surface area contributed by atoms with Crippen molar-refractivity contribution < 1.29 is 19.1 Å². The van der Waals surface area contributed by atoms with E-state index in [4.69, 9.17) is 4.74 Å². The van der Waals surface area contributed by atoms with E-state index in [2.05, 4.69) is 17.4 Å². The highest BCUT2D eigenvalue weighted by Crippen LogP contribution is 2.30. The number of rotatable bonds is 4. The van der Waals surface area contributed by atoms with E-state index < -0.39 is 0 Å². The predicted octanol–water partition coefficient (Wildman–Crippen LogP) is 3.27. The van der Waals surface area contributed by atoms with Gasteiger partial charge in [-0.1, -0.05) is 24.3 Å². The van der Waals surface area contributed by atoms with Crippen molar-refractivity contribution >= 4 is 17.7 Å². The number of benzene rings is 2. The number of nitrogens with zero attached hydrogens (tertiary/aromatic N) is 1. The van der Waals surface area contributed by atoms with Crippen LogP contribution in [0.25, 0.3) is 0 Å². The Balaban J connectivity index is 1.34. The minimum atomic E-state index is -0.344. The van der Waals surface area contributed by atoms with Crippen LogP contribution in [0, 0.1) is 0 Å². The topological polar surface area (TPSA) is 75.7 Å². The Morgan fingerprint density at radius 2 is 1.87 bits per heavy atom. The molecule has 3 aliphatic rings. The van der Waals surface area contributed by atoms with Gasteiger partial charge in [0.05, 0.1) is 29.8 Å². The first-order valence-corrected chi connectivity index (χ1v) is 10.6. The van der Waals surface area contributed by atoms with Crippen molar-refractivity contribution in [1.29, 1.82) is 0 Å². The lowest BCUT2D eigenvalue weighted by Crippen LogP contribution is -2.36. The van der Waals surface area contributed by atoms with Gasteiger partial charge in [0.1, 0.15) is 0 Å². The Labute approximate surface area is 175 Å². The van der Waals surface area contributed by atoms with Crippen LogP contribution in [0.15, 0.2) is 42.5 Å². The van der Waals surface area contributed by atoms with Gasteiger partial charge in [0.15, 0.2) is 0 Å². The van der Waals surface area contributed by atoms with E-state index >= 15 is 0 Å². The number of ether oxygens (including phenoxy) is 1. The van der Waals surface area contributed by atoms with Gasteiger partial charge in [-0.15, -0.1) is 0 Å². The minimum Gasteiger partial charge on any atom is -0.376 e. The van der Waals surface area contributed by atoms with Crippen molar-refractivity contribution in [1.82, 2.24) is 10.2 Å². The van der Waals surface area contributed by atoms with Gasteiger partial charge in [-0.05, 0) is 61.4 Å². The summed E-state index contributed by atoms with van der Waals surface area (Å²) in [7, 11) is 0. The standard InChI is InChI=1S/C24H24N2O4/c27-22(25-21-9-3-6-15-5-1-2-8-18(15)21)16-10-11-19-20(13-16)24(29)26(23(19)28)14-17-7-4-12-30-17/h1-2,5,8,10-11,13,17,21H,3-4,6-7,9,12,14H2,(H,25,27). The summed E-state index contributed by atoms with van der Waals surface area (Å²) in [6, 6.07) is 12.9. The minimum absolute atomic E-state index is 0.0379. The first-order valence-electron chi connectivity index (χ1n) is 10.6. The Morgan fingerprint density at radius 3 is 2.70 bits per heavy atom. The fourth-order valence-electron chi connectivity index (χ4n) is 4.74. The van der Waals surface area contributed by atoms with E-state index in [1.54, 1.807) is 18.2 Å². The highest BCUT2D eigenvalue weighted by molar-refractivity contribution is 6.22. The first kappa shape index (κ1) is 19.0. The number of carbonyl (C=O) groups excluding carboxylic acids is 3. The number of carbonyl (C=O) groups is 3. The first-order chi connectivity index (χ1) is 14.6. The molecule has 0 saturated carbocycles. The number of imide groups is 1. The zero-order valence-electron chi connectivity index (χ0n) is 16.7. The molecule has 1 aliphatic carbocycles. The maximum atomic E-state index is 12.9. The van der Waals surface area contributed by atoms with Gasteiger partial charge >= 0.3 is 0 Å². The number of hydrogen-bond donors (Lipinski definition) is 1. The van der Waals surface area contributed by atoms with Crippen LogP contribution in [-0.2, 0) is 11.2 Å². The van der Waals surface area contributed by atoms with Crippen LogP contribution in [-0.4, -0.2) is 41.9 Å². The van der Waals surface area contributed by atoms with Crippen molar-refractivity contribution in [3.63, 3.8) is 0 Å². The summed E-state index contributed by atoms with van der Waals surface area (Å²) >= 11 is 0. The number of amides is 3. The molecule has 2 aliphatic heterocycles. The molecule has 0 aromatic heterocycles. The highest BCUT2D eigenvalue weighted by atomic mass is 16.5. The average molecular weight is 404 g/mol. The molecule has 30 heavy (non-hydrogen) atoms. The molecule has 154 valence electrons. The molecule has 3 amide bonds. The van der Waals surface area contributed by atoms with Crippen molar-refractivity contribution in [2.75, 3.05) is 13.2 Å². The molecule has 2 unspecified atom stereocenters. The van der Waals surface area contributed by atoms with E-state index in [1.807, 2.05) is 12.1 Å². The molecule has 1 saturated heterocycles. The number of nitrogens with one attached hydrogen (secondary N) is 1. The van der Waals surface area contributed by atoms with Crippen molar-refractivity contribution in [2.45, 2.75) is 44.2 Å². The quantitative estimate of drug-likeness (QED) is 0.794. The lowest BCUT2D eigenvalue weighted by molar-refractivity contribution is 0.0475. The molecule has 1 fully saturated rings. The van der Waals surface area contributed by atoms with E-state index in [9.17, 15) is 14.4 Å². The molecular formula is C24H24N2O4. The second-order valence-electron chi connectivity index (χ2n) is 8.23. The summed E-state index contributed by atoms with van der Waals surface area (Å²) in [6.45, 7) is 0.940. The molecule has 1 N–H and O–H groups in total. The van der Waals surface area contributed by atoms with E-state index in [0.29, 0.717) is 23.3 Å². The second-order valence-corrected chi connectivity index (χ2v) is 8.23. The Hall–Kier alpha value is -2.99. The summed E-state index contributed by atoms with van der Waals surface area (Å²) in [5.74, 6) is -0.876. The van der Waals surface area contributed by atoms with Crippen molar-refractivity contribution in [2.24, 2.45) is 0 Å². The molecule has 2 atom stereocenters. The van der Waals surface area contributed by atoms with Crippen LogP contribution in [0.3, 0.4) is 0 Å². The molecule has 2 aromatic rings. The van der Waals surface area contributed by atoms with Gasteiger partial charge in [-0.2, -0.15) is 0 Å². The zero-order valence-corrected chi connectivity index (χ0v) is 16.7. The van der Waals surface area contributed by atoms with E-state index in [-0.39, 0.29) is 36.4 Å². The fourth-order valence-corrected chi connectivity index (χ4v) is 4.74. The Bertz CT molecular complexity index is 1030. The summed E-state index contributed by atoms with van der Waals surface area (Å²) in [5.41, 5.74) is 3.49. The summed E-state index contributed by atoms with van der Waals surface area (Å²) < 4.78 is 5.58. The fraction of sp³-hybridized carbons (Fsp3) is 0.375. The van der Waals surface area contributed by atoms with Gasteiger partial charge in [-0.3, -0.25) is 19.3 Å². The van der Waals surface area contributed by atoms with Crippen LogP contribution < -0.4 is 5.32 Å². The maximum Gasteiger partial charge on any atom is 0.261 e. The molecule has 6 heteroatoms.